The van der Waals surface area contributed by atoms with Crippen LogP contribution in [0, 0.1) is 18.3 Å². The zero-order chi connectivity index (χ0) is 16.8. The molecule has 0 amide bonds. The van der Waals surface area contributed by atoms with Gasteiger partial charge in [0.25, 0.3) is 0 Å². The molecule has 0 saturated carbocycles. The van der Waals surface area contributed by atoms with Crippen LogP contribution in [0.25, 0.3) is 0 Å². The van der Waals surface area contributed by atoms with Crippen molar-refractivity contribution in [2.75, 3.05) is 11.1 Å². The molecule has 0 spiro atoms. The van der Waals surface area contributed by atoms with Gasteiger partial charge in [-0.2, -0.15) is 5.26 Å². The lowest BCUT2D eigenvalue weighted by atomic mass is 10.2. The fourth-order valence-corrected chi connectivity index (χ4v) is 3.35. The normalized spacial score (nSPS) is 11.5. The number of nitrogens with zero attached hydrogens (tertiary/aromatic N) is 3. The number of para-hydroxylation sites is 1. The van der Waals surface area contributed by atoms with Crippen molar-refractivity contribution >= 4 is 39.7 Å². The Balaban J connectivity index is 1.98. The Morgan fingerprint density at radius 1 is 1.43 bits per heavy atom. The van der Waals surface area contributed by atoms with Crippen LogP contribution in [-0.2, 0) is 4.79 Å². The van der Waals surface area contributed by atoms with Crippen LogP contribution in [0.15, 0.2) is 39.9 Å². The van der Waals surface area contributed by atoms with Crippen molar-refractivity contribution in [3.63, 3.8) is 0 Å². The third-order valence-electron chi connectivity index (χ3n) is 2.90. The van der Waals surface area contributed by atoms with E-state index >= 15 is 0 Å². The highest BCUT2D eigenvalue weighted by molar-refractivity contribution is 8.01. The summed E-state index contributed by atoms with van der Waals surface area (Å²) in [5, 5.41) is 20.8. The SMILES string of the molecule is C/C(N)=C(/C#N)C(=O)CSc1nnc(Nc2ccccc2C)s1. The van der Waals surface area contributed by atoms with E-state index in [-0.39, 0.29) is 22.8 Å². The van der Waals surface area contributed by atoms with Gasteiger partial charge in [-0.05, 0) is 25.5 Å². The van der Waals surface area contributed by atoms with E-state index in [0.717, 1.165) is 11.3 Å². The lowest BCUT2D eigenvalue weighted by Crippen LogP contribution is -2.10. The van der Waals surface area contributed by atoms with Crippen LogP contribution < -0.4 is 11.1 Å². The maximum atomic E-state index is 11.9. The molecule has 6 nitrogen and oxygen atoms in total. The van der Waals surface area contributed by atoms with Gasteiger partial charge < -0.3 is 11.1 Å². The van der Waals surface area contributed by atoms with Gasteiger partial charge in [0.1, 0.15) is 11.6 Å². The Hall–Kier alpha value is -2.37. The number of hydrogen-bond donors (Lipinski definition) is 2. The predicted molar refractivity (Wildman–Crippen MR) is 92.6 cm³/mol. The summed E-state index contributed by atoms with van der Waals surface area (Å²) in [5.41, 5.74) is 7.82. The minimum absolute atomic E-state index is 0.000254. The number of Topliss-reactive ketones (excluding diaryl/α,β-unsaturated/α-hetero) is 1. The number of nitrogens with two attached hydrogens (primary N) is 1. The second-order valence-electron chi connectivity index (χ2n) is 4.69. The molecule has 0 aliphatic rings. The van der Waals surface area contributed by atoms with Gasteiger partial charge in [0.05, 0.1) is 5.75 Å². The fourth-order valence-electron chi connectivity index (χ4n) is 1.72. The molecule has 0 aliphatic heterocycles. The smallest absolute Gasteiger partial charge is 0.210 e. The zero-order valence-electron chi connectivity index (χ0n) is 12.7. The average molecular weight is 345 g/mol. The Morgan fingerprint density at radius 3 is 2.83 bits per heavy atom. The average Bonchev–Trinajstić information content (AvgIpc) is 2.95. The van der Waals surface area contributed by atoms with E-state index in [0.29, 0.717) is 9.47 Å². The third kappa shape index (κ3) is 4.55. The maximum Gasteiger partial charge on any atom is 0.210 e. The number of nitrogens with one attached hydrogen (secondary N) is 1. The van der Waals surface area contributed by atoms with E-state index in [1.165, 1.54) is 30.0 Å². The number of aryl methyl sites for hydroxylation is 1. The van der Waals surface area contributed by atoms with Crippen LogP contribution in [0.5, 0.6) is 0 Å². The monoisotopic (exact) mass is 345 g/mol. The van der Waals surface area contributed by atoms with Crippen LogP contribution in [0.4, 0.5) is 10.8 Å². The van der Waals surface area contributed by atoms with E-state index in [1.807, 2.05) is 37.3 Å². The summed E-state index contributed by atoms with van der Waals surface area (Å²) < 4.78 is 0.654. The summed E-state index contributed by atoms with van der Waals surface area (Å²) in [6.07, 6.45) is 0. The summed E-state index contributed by atoms with van der Waals surface area (Å²) in [4.78, 5) is 11.9. The van der Waals surface area contributed by atoms with Gasteiger partial charge in [0, 0.05) is 11.4 Å². The number of carbonyl (C=O) groups is 1. The van der Waals surface area contributed by atoms with Crippen molar-refractivity contribution in [3.8, 4) is 6.07 Å². The summed E-state index contributed by atoms with van der Waals surface area (Å²) in [7, 11) is 0. The third-order valence-corrected chi connectivity index (χ3v) is 4.88. The molecule has 2 rings (SSSR count). The van der Waals surface area contributed by atoms with Crippen LogP contribution in [0.3, 0.4) is 0 Å². The number of carbonyl (C=O) groups excluding carboxylic acids is 1. The molecule has 0 radical (unpaired) electrons. The van der Waals surface area contributed by atoms with Gasteiger partial charge in [0.2, 0.25) is 5.13 Å². The van der Waals surface area contributed by atoms with Crippen molar-refractivity contribution in [2.24, 2.45) is 5.73 Å². The molecule has 8 heteroatoms. The van der Waals surface area contributed by atoms with Crippen molar-refractivity contribution in [1.29, 1.82) is 5.26 Å². The van der Waals surface area contributed by atoms with Crippen molar-refractivity contribution in [1.82, 2.24) is 10.2 Å². The quantitative estimate of drug-likeness (QED) is 0.471. The molecule has 0 bridgehead atoms. The van der Waals surface area contributed by atoms with Gasteiger partial charge in [-0.3, -0.25) is 4.79 Å². The summed E-state index contributed by atoms with van der Waals surface area (Å²) in [5.74, 6) is -0.197. The Labute approximate surface area is 142 Å². The molecule has 0 atom stereocenters. The minimum Gasteiger partial charge on any atom is -0.401 e. The lowest BCUT2D eigenvalue weighted by molar-refractivity contribution is -0.112. The van der Waals surface area contributed by atoms with E-state index in [9.17, 15) is 4.79 Å². The van der Waals surface area contributed by atoms with E-state index in [1.54, 1.807) is 0 Å². The summed E-state index contributed by atoms with van der Waals surface area (Å²) in [6, 6.07) is 9.70. The van der Waals surface area contributed by atoms with E-state index < -0.39 is 0 Å². The molecule has 118 valence electrons. The zero-order valence-corrected chi connectivity index (χ0v) is 14.3. The van der Waals surface area contributed by atoms with Gasteiger partial charge in [-0.1, -0.05) is 41.3 Å². The van der Waals surface area contributed by atoms with Crippen LogP contribution in [-0.4, -0.2) is 21.7 Å². The molecular weight excluding hydrogens is 330 g/mol. The highest BCUT2D eigenvalue weighted by Crippen LogP contribution is 2.29. The number of nitriles is 1. The number of hydrogen-bond acceptors (Lipinski definition) is 8. The van der Waals surface area contributed by atoms with Gasteiger partial charge in [-0.25, -0.2) is 0 Å². The second kappa shape index (κ2) is 7.76. The maximum absolute atomic E-state index is 11.9. The molecule has 1 aromatic carbocycles. The molecule has 1 aromatic heterocycles. The largest absolute Gasteiger partial charge is 0.401 e. The number of allylic oxidation sites excluding steroid dienone is 2. The van der Waals surface area contributed by atoms with Crippen LogP contribution >= 0.6 is 23.1 Å². The second-order valence-corrected chi connectivity index (χ2v) is 6.89. The van der Waals surface area contributed by atoms with Gasteiger partial charge in [-0.15, -0.1) is 10.2 Å². The summed E-state index contributed by atoms with van der Waals surface area (Å²) in [6.45, 7) is 3.54. The van der Waals surface area contributed by atoms with E-state index in [4.69, 9.17) is 11.0 Å². The number of rotatable bonds is 6. The Kier molecular flexibility index (Phi) is 5.73. The molecule has 3 N–H and O–H groups in total. The standard InChI is InChI=1S/C15H15N5OS2/c1-9-5-3-4-6-12(9)18-14-19-20-15(23-14)22-8-13(21)11(7-16)10(2)17/h3-6H,8,17H2,1-2H3,(H,18,19)/b11-10+. The summed E-state index contributed by atoms with van der Waals surface area (Å²) >= 11 is 2.59. The highest BCUT2D eigenvalue weighted by Gasteiger charge is 2.14. The molecule has 23 heavy (non-hydrogen) atoms. The lowest BCUT2D eigenvalue weighted by Gasteiger charge is -2.04. The minimum atomic E-state index is -0.305. The first-order chi connectivity index (χ1) is 11.0. The number of thioether (sulfide) groups is 1. The highest BCUT2D eigenvalue weighted by atomic mass is 32.2. The predicted octanol–water partition coefficient (Wildman–Crippen LogP) is 3.01. The first-order valence-electron chi connectivity index (χ1n) is 6.70. The van der Waals surface area contributed by atoms with E-state index in [2.05, 4.69) is 15.5 Å². The molecule has 0 fully saturated rings. The number of ketones is 1. The van der Waals surface area contributed by atoms with Gasteiger partial charge in [0.15, 0.2) is 10.1 Å². The molecular formula is C15H15N5OS2. The van der Waals surface area contributed by atoms with Crippen molar-refractivity contribution in [3.05, 3.63) is 41.1 Å². The van der Waals surface area contributed by atoms with Crippen LogP contribution in [0.2, 0.25) is 0 Å². The Bertz CT molecular complexity index is 787. The molecule has 0 saturated heterocycles. The fraction of sp³-hybridized carbons (Fsp3) is 0.200. The van der Waals surface area contributed by atoms with Crippen molar-refractivity contribution < 1.29 is 4.79 Å². The first-order valence-corrected chi connectivity index (χ1v) is 8.50. The first kappa shape index (κ1) is 17.0. The molecule has 2 aromatic rings. The number of aromatic nitrogens is 2. The molecule has 0 unspecified atom stereocenters. The molecule has 1 heterocycles. The van der Waals surface area contributed by atoms with Gasteiger partial charge >= 0.3 is 0 Å². The Morgan fingerprint density at radius 2 is 2.17 bits per heavy atom. The van der Waals surface area contributed by atoms with Crippen molar-refractivity contribution in [2.45, 2.75) is 18.2 Å². The molecule has 0 aliphatic carbocycles. The number of benzene rings is 1. The number of anilines is 2. The van der Waals surface area contributed by atoms with Crippen LogP contribution in [0.1, 0.15) is 12.5 Å². The topological polar surface area (TPSA) is 105 Å².